The first-order valence-electron chi connectivity index (χ1n) is 10.9. The van der Waals surface area contributed by atoms with Gasteiger partial charge in [0.05, 0.1) is 6.54 Å². The van der Waals surface area contributed by atoms with Crippen molar-refractivity contribution in [2.45, 2.75) is 24.1 Å². The Labute approximate surface area is 201 Å². The molecule has 0 aliphatic heterocycles. The van der Waals surface area contributed by atoms with Crippen molar-refractivity contribution < 1.29 is 9.13 Å². The zero-order chi connectivity index (χ0) is 23.2. The van der Waals surface area contributed by atoms with Gasteiger partial charge < -0.3 is 10.2 Å². The summed E-state index contributed by atoms with van der Waals surface area (Å²) in [4.78, 5) is 0. The van der Waals surface area contributed by atoms with Crippen molar-refractivity contribution in [1.82, 2.24) is 14.9 Å². The van der Waals surface area contributed by atoms with Crippen LogP contribution < -0.4 is 10.2 Å². The average molecular weight is 471 g/mol. The Hall–Kier alpha value is -3.84. The summed E-state index contributed by atoms with van der Waals surface area (Å²) in [6.45, 7) is 1.03. The Morgan fingerprint density at radius 1 is 0.853 bits per heavy atom. The molecule has 0 amide bonds. The van der Waals surface area contributed by atoms with Gasteiger partial charge in [-0.3, -0.25) is 0 Å². The van der Waals surface area contributed by atoms with Crippen molar-refractivity contribution in [2.75, 3.05) is 5.43 Å². The smallest absolute Gasteiger partial charge is 0.210 e. The minimum atomic E-state index is -0.237. The maximum atomic E-state index is 13.2. The summed E-state index contributed by atoms with van der Waals surface area (Å²) >= 11 is 1.54. The van der Waals surface area contributed by atoms with E-state index >= 15 is 0 Å². The molecule has 0 aliphatic carbocycles. The van der Waals surface area contributed by atoms with Gasteiger partial charge in [-0.25, -0.2) is 9.07 Å². The van der Waals surface area contributed by atoms with E-state index in [0.717, 1.165) is 38.4 Å². The number of hydrogen-bond donors (Lipinski definition) is 1. The lowest BCUT2D eigenvalue weighted by Gasteiger charge is -2.16. The molecule has 170 valence electrons. The first kappa shape index (κ1) is 22.0. The van der Waals surface area contributed by atoms with E-state index in [2.05, 4.69) is 46.0 Å². The first-order valence-corrected chi connectivity index (χ1v) is 11.9. The molecule has 5 aromatic rings. The third kappa shape index (κ3) is 5.21. The molecule has 0 aliphatic rings. The standard InChI is InChI=1S/C27H23FN4OS/c28-23-13-10-21(11-14-23)18-34-27-31-29-19-32(27)30-16-25-24-9-5-4-8-22(24)12-15-26(25)33-17-20-6-2-1-3-7-20/h1-15,19,30H,16-18H2. The van der Waals surface area contributed by atoms with E-state index in [1.165, 1.54) is 23.9 Å². The molecule has 0 spiro atoms. The monoisotopic (exact) mass is 470 g/mol. The predicted molar refractivity (Wildman–Crippen MR) is 134 cm³/mol. The van der Waals surface area contributed by atoms with Crippen molar-refractivity contribution in [3.8, 4) is 5.75 Å². The average Bonchev–Trinajstić information content (AvgIpc) is 3.34. The molecule has 1 aromatic heterocycles. The second-order valence-corrected chi connectivity index (χ2v) is 8.71. The van der Waals surface area contributed by atoms with Crippen LogP contribution in [-0.2, 0) is 18.9 Å². The van der Waals surface area contributed by atoms with Crippen molar-refractivity contribution in [2.24, 2.45) is 0 Å². The highest BCUT2D eigenvalue weighted by molar-refractivity contribution is 7.98. The minimum Gasteiger partial charge on any atom is -0.489 e. The molecule has 0 unspecified atom stereocenters. The van der Waals surface area contributed by atoms with Crippen LogP contribution in [0.2, 0.25) is 0 Å². The Kier molecular flexibility index (Phi) is 6.72. The van der Waals surface area contributed by atoms with Crippen LogP contribution in [-0.4, -0.2) is 14.9 Å². The van der Waals surface area contributed by atoms with Gasteiger partial charge in [0.15, 0.2) is 0 Å². The van der Waals surface area contributed by atoms with Gasteiger partial charge in [0.2, 0.25) is 5.16 Å². The van der Waals surface area contributed by atoms with Crippen LogP contribution >= 0.6 is 11.8 Å². The number of benzene rings is 4. The second kappa shape index (κ2) is 10.4. The van der Waals surface area contributed by atoms with Crippen LogP contribution in [0.1, 0.15) is 16.7 Å². The molecule has 7 heteroatoms. The van der Waals surface area contributed by atoms with Gasteiger partial charge >= 0.3 is 0 Å². The third-order valence-electron chi connectivity index (χ3n) is 5.46. The third-order valence-corrected chi connectivity index (χ3v) is 6.47. The Bertz CT molecular complexity index is 1370. The summed E-state index contributed by atoms with van der Waals surface area (Å²) in [6, 6.07) is 29.0. The number of rotatable bonds is 9. The quantitative estimate of drug-likeness (QED) is 0.261. The molecule has 0 bridgehead atoms. The van der Waals surface area contributed by atoms with E-state index in [1.54, 1.807) is 18.5 Å². The molecular formula is C27H23FN4OS. The summed E-state index contributed by atoms with van der Waals surface area (Å²) < 4.78 is 21.2. The molecule has 0 atom stereocenters. The topological polar surface area (TPSA) is 52.0 Å². The van der Waals surface area contributed by atoms with Crippen LogP contribution in [0.5, 0.6) is 5.75 Å². The van der Waals surface area contributed by atoms with Crippen molar-refractivity contribution in [1.29, 1.82) is 0 Å². The largest absolute Gasteiger partial charge is 0.489 e. The molecule has 5 rings (SSSR count). The fourth-order valence-electron chi connectivity index (χ4n) is 3.69. The highest BCUT2D eigenvalue weighted by atomic mass is 32.2. The van der Waals surface area contributed by atoms with Crippen molar-refractivity contribution >= 4 is 22.5 Å². The first-order chi connectivity index (χ1) is 16.8. The molecule has 1 heterocycles. The van der Waals surface area contributed by atoms with Gasteiger partial charge in [-0.2, -0.15) is 0 Å². The maximum Gasteiger partial charge on any atom is 0.210 e. The predicted octanol–water partition coefficient (Wildman–Crippen LogP) is 6.19. The molecule has 0 saturated carbocycles. The molecule has 0 fully saturated rings. The van der Waals surface area contributed by atoms with Gasteiger partial charge in [-0.1, -0.05) is 84.6 Å². The van der Waals surface area contributed by atoms with Gasteiger partial charge in [0.1, 0.15) is 24.5 Å². The number of nitrogens with one attached hydrogen (secondary N) is 1. The van der Waals surface area contributed by atoms with E-state index in [0.29, 0.717) is 18.9 Å². The molecule has 34 heavy (non-hydrogen) atoms. The zero-order valence-electron chi connectivity index (χ0n) is 18.4. The van der Waals surface area contributed by atoms with E-state index in [9.17, 15) is 4.39 Å². The normalized spacial score (nSPS) is 11.0. The van der Waals surface area contributed by atoms with E-state index in [1.807, 2.05) is 41.1 Å². The number of hydrogen-bond acceptors (Lipinski definition) is 5. The fourth-order valence-corrected chi connectivity index (χ4v) is 4.54. The second-order valence-electron chi connectivity index (χ2n) is 7.77. The molecule has 0 radical (unpaired) electrons. The molecule has 1 N–H and O–H groups in total. The Balaban J connectivity index is 1.33. The van der Waals surface area contributed by atoms with Gasteiger partial charge in [0, 0.05) is 11.3 Å². The lowest BCUT2D eigenvalue weighted by Crippen LogP contribution is -2.15. The molecule has 5 nitrogen and oxygen atoms in total. The number of fused-ring (bicyclic) bond motifs is 1. The highest BCUT2D eigenvalue weighted by Crippen LogP contribution is 2.29. The van der Waals surface area contributed by atoms with Crippen molar-refractivity contribution in [3.05, 3.63) is 120 Å². The van der Waals surface area contributed by atoms with Gasteiger partial charge in [-0.15, -0.1) is 10.2 Å². The molecular weight excluding hydrogens is 447 g/mol. The number of aromatic nitrogens is 3. The van der Waals surface area contributed by atoms with Crippen LogP contribution in [0.15, 0.2) is 102 Å². The summed E-state index contributed by atoms with van der Waals surface area (Å²) in [5.74, 6) is 1.27. The van der Waals surface area contributed by atoms with Crippen LogP contribution in [0.25, 0.3) is 10.8 Å². The molecule has 4 aromatic carbocycles. The van der Waals surface area contributed by atoms with Crippen molar-refractivity contribution in [3.63, 3.8) is 0 Å². The SMILES string of the molecule is Fc1ccc(CSc2nncn2NCc2c(OCc3ccccc3)ccc3ccccc23)cc1. The van der Waals surface area contributed by atoms with Crippen LogP contribution in [0.4, 0.5) is 4.39 Å². The number of nitrogens with zero attached hydrogens (tertiary/aromatic N) is 3. The summed E-state index contributed by atoms with van der Waals surface area (Å²) in [6.07, 6.45) is 1.66. The van der Waals surface area contributed by atoms with E-state index in [-0.39, 0.29) is 5.82 Å². The number of thioether (sulfide) groups is 1. The molecule has 0 saturated heterocycles. The minimum absolute atomic E-state index is 0.237. The van der Waals surface area contributed by atoms with Crippen LogP contribution in [0, 0.1) is 5.82 Å². The number of halogens is 1. The van der Waals surface area contributed by atoms with Gasteiger partial charge in [-0.05, 0) is 40.1 Å². The van der Waals surface area contributed by atoms with E-state index < -0.39 is 0 Å². The van der Waals surface area contributed by atoms with E-state index in [4.69, 9.17) is 4.74 Å². The lowest BCUT2D eigenvalue weighted by molar-refractivity contribution is 0.303. The zero-order valence-corrected chi connectivity index (χ0v) is 19.2. The Morgan fingerprint density at radius 2 is 1.65 bits per heavy atom. The summed E-state index contributed by atoms with van der Waals surface area (Å²) in [7, 11) is 0. The Morgan fingerprint density at radius 3 is 2.50 bits per heavy atom. The highest BCUT2D eigenvalue weighted by Gasteiger charge is 2.12. The lowest BCUT2D eigenvalue weighted by atomic mass is 10.0. The maximum absolute atomic E-state index is 13.2. The van der Waals surface area contributed by atoms with Crippen LogP contribution in [0.3, 0.4) is 0 Å². The number of ether oxygens (including phenoxy) is 1. The summed E-state index contributed by atoms with van der Waals surface area (Å²) in [5.41, 5.74) is 6.62. The fraction of sp³-hybridized carbons (Fsp3) is 0.111. The van der Waals surface area contributed by atoms with Gasteiger partial charge in [0.25, 0.3) is 0 Å². The summed E-state index contributed by atoms with van der Waals surface area (Å²) in [5, 5.41) is 11.3.